The van der Waals surface area contributed by atoms with E-state index in [2.05, 4.69) is 5.32 Å². The molecule has 21 heavy (non-hydrogen) atoms. The Balaban J connectivity index is 3.04. The lowest BCUT2D eigenvalue weighted by Crippen LogP contribution is -2.42. The molecule has 1 rings (SSSR count). The van der Waals surface area contributed by atoms with Crippen LogP contribution in [0.3, 0.4) is 0 Å². The summed E-state index contributed by atoms with van der Waals surface area (Å²) in [5, 5.41) is 12.8. The van der Waals surface area contributed by atoms with Crippen LogP contribution in [0.25, 0.3) is 0 Å². The van der Waals surface area contributed by atoms with Gasteiger partial charge >= 0.3 is 11.8 Å². The number of nitrogens with two attached hydrogens (primary N) is 1. The third-order valence-electron chi connectivity index (χ3n) is 3.23. The summed E-state index contributed by atoms with van der Waals surface area (Å²) in [5.74, 6) is 3.51. The van der Waals surface area contributed by atoms with E-state index in [0.29, 0.717) is 12.2 Å². The summed E-state index contributed by atoms with van der Waals surface area (Å²) in [6, 6.07) is 3.67. The smallest absolute Gasteiger partial charge is 0.323 e. The van der Waals surface area contributed by atoms with E-state index in [0.717, 1.165) is 16.7 Å². The SMILES string of the molecule is CCc1cc(CNC(=O)C(=O)NN)cc(C(C)(C)C)c1O. The first-order valence-corrected chi connectivity index (χ1v) is 6.84. The first-order valence-electron chi connectivity index (χ1n) is 6.84. The molecule has 0 spiro atoms. The van der Waals surface area contributed by atoms with Gasteiger partial charge in [-0.1, -0.05) is 33.8 Å². The number of hydrogen-bond donors (Lipinski definition) is 4. The maximum absolute atomic E-state index is 11.4. The standard InChI is InChI=1S/C15H23N3O3/c1-5-10-6-9(8-17-13(20)14(21)18-16)7-11(12(10)19)15(2,3)4/h6-7,19H,5,8,16H2,1-4H3,(H,17,20)(H,18,21). The Morgan fingerprint density at radius 1 is 1.24 bits per heavy atom. The molecule has 0 unspecified atom stereocenters. The van der Waals surface area contributed by atoms with Crippen molar-refractivity contribution >= 4 is 11.8 Å². The fourth-order valence-electron chi connectivity index (χ4n) is 2.03. The average molecular weight is 293 g/mol. The molecule has 0 aliphatic carbocycles. The van der Waals surface area contributed by atoms with E-state index in [9.17, 15) is 14.7 Å². The summed E-state index contributed by atoms with van der Waals surface area (Å²) in [6.45, 7) is 8.16. The second kappa shape index (κ2) is 6.58. The Morgan fingerprint density at radius 3 is 2.33 bits per heavy atom. The Bertz CT molecular complexity index is 548. The van der Waals surface area contributed by atoms with Gasteiger partial charge in [-0.2, -0.15) is 0 Å². The molecule has 1 aromatic rings. The van der Waals surface area contributed by atoms with E-state index in [1.165, 1.54) is 0 Å². The van der Waals surface area contributed by atoms with Crippen molar-refractivity contribution in [3.63, 3.8) is 0 Å². The zero-order valence-corrected chi connectivity index (χ0v) is 12.9. The van der Waals surface area contributed by atoms with Gasteiger partial charge in [-0.3, -0.25) is 15.0 Å². The first kappa shape index (κ1) is 17.0. The number of hydrogen-bond acceptors (Lipinski definition) is 4. The monoisotopic (exact) mass is 293 g/mol. The molecule has 0 bridgehead atoms. The second-order valence-electron chi connectivity index (χ2n) is 5.91. The molecular weight excluding hydrogens is 270 g/mol. The summed E-state index contributed by atoms with van der Waals surface area (Å²) in [6.07, 6.45) is 0.681. The summed E-state index contributed by atoms with van der Waals surface area (Å²) in [5.41, 5.74) is 4.01. The number of phenols is 1. The summed E-state index contributed by atoms with van der Waals surface area (Å²) in [7, 11) is 0. The Labute approximate surface area is 124 Å². The van der Waals surface area contributed by atoms with E-state index < -0.39 is 11.8 Å². The van der Waals surface area contributed by atoms with Gasteiger partial charge < -0.3 is 10.4 Å². The van der Waals surface area contributed by atoms with Crippen molar-refractivity contribution < 1.29 is 14.7 Å². The van der Waals surface area contributed by atoms with Crippen LogP contribution < -0.4 is 16.6 Å². The largest absolute Gasteiger partial charge is 0.507 e. The zero-order chi connectivity index (χ0) is 16.2. The van der Waals surface area contributed by atoms with Gasteiger partial charge in [0.2, 0.25) is 0 Å². The molecule has 6 nitrogen and oxygen atoms in total. The molecule has 0 aliphatic rings. The van der Waals surface area contributed by atoms with Crippen LogP contribution in [0, 0.1) is 0 Å². The number of carbonyl (C=O) groups is 2. The lowest BCUT2D eigenvalue weighted by Gasteiger charge is -2.23. The molecule has 0 saturated carbocycles. The molecule has 0 radical (unpaired) electrons. The van der Waals surface area contributed by atoms with Crippen LogP contribution in [0.2, 0.25) is 0 Å². The van der Waals surface area contributed by atoms with Gasteiger partial charge in [-0.05, 0) is 34.6 Å². The third-order valence-corrected chi connectivity index (χ3v) is 3.23. The van der Waals surface area contributed by atoms with Gasteiger partial charge in [0.25, 0.3) is 0 Å². The highest BCUT2D eigenvalue weighted by Crippen LogP contribution is 2.34. The van der Waals surface area contributed by atoms with Crippen LogP contribution in [-0.2, 0) is 28.0 Å². The fraction of sp³-hybridized carbons (Fsp3) is 0.467. The van der Waals surface area contributed by atoms with Crippen LogP contribution in [0.5, 0.6) is 5.75 Å². The number of aromatic hydroxyl groups is 1. The highest BCUT2D eigenvalue weighted by Gasteiger charge is 2.21. The van der Waals surface area contributed by atoms with Gasteiger partial charge in [0.05, 0.1) is 0 Å². The molecule has 0 aromatic heterocycles. The lowest BCUT2D eigenvalue weighted by atomic mass is 9.83. The molecule has 116 valence electrons. The average Bonchev–Trinajstić information content (AvgIpc) is 2.43. The van der Waals surface area contributed by atoms with E-state index in [4.69, 9.17) is 5.84 Å². The predicted octanol–water partition coefficient (Wildman–Crippen LogP) is 0.858. The number of aryl methyl sites for hydroxylation is 1. The zero-order valence-electron chi connectivity index (χ0n) is 12.9. The third kappa shape index (κ3) is 4.19. The maximum Gasteiger partial charge on any atom is 0.323 e. The van der Waals surface area contributed by atoms with Gasteiger partial charge in [0.1, 0.15) is 5.75 Å². The van der Waals surface area contributed by atoms with Crippen LogP contribution in [0.15, 0.2) is 12.1 Å². The minimum absolute atomic E-state index is 0.197. The van der Waals surface area contributed by atoms with Crippen molar-refractivity contribution in [3.8, 4) is 5.75 Å². The van der Waals surface area contributed by atoms with Crippen LogP contribution in [-0.4, -0.2) is 16.9 Å². The van der Waals surface area contributed by atoms with Gasteiger partial charge in [0.15, 0.2) is 0 Å². The minimum atomic E-state index is -0.888. The number of benzene rings is 1. The number of nitrogens with one attached hydrogen (secondary N) is 2. The second-order valence-corrected chi connectivity index (χ2v) is 5.91. The van der Waals surface area contributed by atoms with E-state index in [-0.39, 0.29) is 12.0 Å². The highest BCUT2D eigenvalue weighted by atomic mass is 16.3. The van der Waals surface area contributed by atoms with E-state index >= 15 is 0 Å². The number of amides is 2. The van der Waals surface area contributed by atoms with Crippen LogP contribution in [0.4, 0.5) is 0 Å². The van der Waals surface area contributed by atoms with Crippen LogP contribution >= 0.6 is 0 Å². The number of carbonyl (C=O) groups excluding carboxylic acids is 2. The molecule has 0 heterocycles. The normalized spacial score (nSPS) is 11.1. The fourth-order valence-corrected chi connectivity index (χ4v) is 2.03. The Morgan fingerprint density at radius 2 is 1.86 bits per heavy atom. The van der Waals surface area contributed by atoms with Crippen molar-refractivity contribution in [1.82, 2.24) is 10.7 Å². The van der Waals surface area contributed by atoms with Crippen molar-refractivity contribution in [2.75, 3.05) is 0 Å². The van der Waals surface area contributed by atoms with Crippen molar-refractivity contribution in [3.05, 3.63) is 28.8 Å². The molecule has 6 heteroatoms. The van der Waals surface area contributed by atoms with Crippen molar-refractivity contribution in [1.29, 1.82) is 0 Å². The van der Waals surface area contributed by atoms with Gasteiger partial charge in [0, 0.05) is 6.54 Å². The summed E-state index contributed by atoms with van der Waals surface area (Å²) in [4.78, 5) is 22.4. The van der Waals surface area contributed by atoms with Gasteiger partial charge in [-0.25, -0.2) is 5.84 Å². The number of phenolic OH excluding ortho intramolecular Hbond substituents is 1. The molecule has 0 saturated heterocycles. The Hall–Kier alpha value is -2.08. The van der Waals surface area contributed by atoms with E-state index in [1.807, 2.05) is 39.8 Å². The topological polar surface area (TPSA) is 104 Å². The number of rotatable bonds is 3. The molecule has 0 fully saturated rings. The molecule has 5 N–H and O–H groups in total. The number of hydrazine groups is 1. The molecule has 0 aliphatic heterocycles. The highest BCUT2D eigenvalue weighted by molar-refractivity contribution is 6.34. The Kier molecular flexibility index (Phi) is 5.32. The molecule has 1 aromatic carbocycles. The first-order chi connectivity index (χ1) is 9.70. The van der Waals surface area contributed by atoms with Gasteiger partial charge in [-0.15, -0.1) is 0 Å². The van der Waals surface area contributed by atoms with Crippen molar-refractivity contribution in [2.24, 2.45) is 5.84 Å². The predicted molar refractivity (Wildman–Crippen MR) is 80.4 cm³/mol. The molecule has 2 amide bonds. The quantitative estimate of drug-likeness (QED) is 0.287. The lowest BCUT2D eigenvalue weighted by molar-refractivity contribution is -0.139. The van der Waals surface area contributed by atoms with Crippen LogP contribution in [0.1, 0.15) is 44.4 Å². The summed E-state index contributed by atoms with van der Waals surface area (Å²) >= 11 is 0. The maximum atomic E-state index is 11.4. The molecule has 0 atom stereocenters. The van der Waals surface area contributed by atoms with Crippen molar-refractivity contribution in [2.45, 2.75) is 46.1 Å². The minimum Gasteiger partial charge on any atom is -0.507 e. The van der Waals surface area contributed by atoms with E-state index in [1.54, 1.807) is 5.43 Å². The summed E-state index contributed by atoms with van der Waals surface area (Å²) < 4.78 is 0. The molecular formula is C15H23N3O3.